The van der Waals surface area contributed by atoms with Gasteiger partial charge >= 0.3 is 6.03 Å². The molecule has 5 nitrogen and oxygen atoms in total. The molecular formula is C20H24N2O3S. The topological polar surface area (TPSA) is 50.8 Å². The zero-order valence-corrected chi connectivity index (χ0v) is 15.9. The van der Waals surface area contributed by atoms with Crippen LogP contribution in [0.4, 0.5) is 10.5 Å². The van der Waals surface area contributed by atoms with E-state index < -0.39 is 0 Å². The summed E-state index contributed by atoms with van der Waals surface area (Å²) in [5.41, 5.74) is 2.03. The second kappa shape index (κ2) is 8.85. The molecule has 1 aliphatic rings. The largest absolute Gasteiger partial charge is 0.493 e. The van der Waals surface area contributed by atoms with Crippen molar-refractivity contribution in [1.82, 2.24) is 4.90 Å². The summed E-state index contributed by atoms with van der Waals surface area (Å²) < 4.78 is 10.5. The number of ether oxygens (including phenoxy) is 2. The molecule has 0 saturated carbocycles. The highest BCUT2D eigenvalue weighted by molar-refractivity contribution is 7.99. The van der Waals surface area contributed by atoms with E-state index in [-0.39, 0.29) is 6.03 Å². The first-order valence-corrected chi connectivity index (χ1v) is 9.70. The summed E-state index contributed by atoms with van der Waals surface area (Å²) in [6.07, 6.45) is 0.952. The molecule has 0 radical (unpaired) electrons. The average Bonchev–Trinajstić information content (AvgIpc) is 2.95. The van der Waals surface area contributed by atoms with Crippen molar-refractivity contribution in [3.8, 4) is 11.5 Å². The van der Waals surface area contributed by atoms with E-state index >= 15 is 0 Å². The van der Waals surface area contributed by atoms with E-state index in [4.69, 9.17) is 9.47 Å². The van der Waals surface area contributed by atoms with Crippen molar-refractivity contribution < 1.29 is 14.3 Å². The van der Waals surface area contributed by atoms with Crippen LogP contribution in [0.3, 0.4) is 0 Å². The first-order chi connectivity index (χ1) is 12.7. The third-order valence-corrected chi connectivity index (χ3v) is 5.76. The van der Waals surface area contributed by atoms with Gasteiger partial charge in [0.2, 0.25) is 0 Å². The number of hydrogen-bond donors (Lipinski definition) is 1. The lowest BCUT2D eigenvalue weighted by molar-refractivity contribution is 0.215. The zero-order chi connectivity index (χ0) is 18.4. The van der Waals surface area contributed by atoms with Crippen molar-refractivity contribution in [2.45, 2.75) is 11.7 Å². The lowest BCUT2D eigenvalue weighted by atomic mass is 10.1. The van der Waals surface area contributed by atoms with Crippen molar-refractivity contribution in [1.29, 1.82) is 0 Å². The van der Waals surface area contributed by atoms with E-state index in [0.717, 1.165) is 25.3 Å². The molecule has 0 aromatic heterocycles. The fraction of sp³-hybridized carbons (Fsp3) is 0.350. The van der Waals surface area contributed by atoms with Crippen LogP contribution in [0, 0.1) is 0 Å². The zero-order valence-electron chi connectivity index (χ0n) is 15.1. The minimum atomic E-state index is -0.0773. The normalized spacial score (nSPS) is 17.3. The van der Waals surface area contributed by atoms with Crippen molar-refractivity contribution >= 4 is 23.5 Å². The second-order valence-electron chi connectivity index (χ2n) is 6.05. The monoisotopic (exact) mass is 372 g/mol. The summed E-state index contributed by atoms with van der Waals surface area (Å²) in [5.74, 6) is 2.17. The molecule has 2 aromatic rings. The third-order valence-electron chi connectivity index (χ3n) is 4.43. The Morgan fingerprint density at radius 2 is 1.85 bits per heavy atom. The first kappa shape index (κ1) is 18.5. The van der Waals surface area contributed by atoms with Crippen LogP contribution >= 0.6 is 11.8 Å². The Bertz CT molecular complexity index is 739. The van der Waals surface area contributed by atoms with Gasteiger partial charge < -0.3 is 19.7 Å². The predicted octanol–water partition coefficient (Wildman–Crippen LogP) is 4.42. The minimum Gasteiger partial charge on any atom is -0.493 e. The molecule has 2 amide bonds. The quantitative estimate of drug-likeness (QED) is 0.863. The molecule has 0 spiro atoms. The number of urea groups is 1. The van der Waals surface area contributed by atoms with Gasteiger partial charge in [0.15, 0.2) is 11.5 Å². The van der Waals surface area contributed by atoms with Gasteiger partial charge in [0.1, 0.15) is 0 Å². The number of methoxy groups -OCH3 is 2. The van der Waals surface area contributed by atoms with Crippen LogP contribution in [0.2, 0.25) is 0 Å². The molecule has 0 bridgehead atoms. The summed E-state index contributed by atoms with van der Waals surface area (Å²) in [6, 6.07) is 15.8. The van der Waals surface area contributed by atoms with Crippen LogP contribution in [0.5, 0.6) is 11.5 Å². The summed E-state index contributed by atoms with van der Waals surface area (Å²) in [6.45, 7) is 1.48. The number of rotatable bonds is 4. The molecule has 138 valence electrons. The lowest BCUT2D eigenvalue weighted by Gasteiger charge is -2.21. The van der Waals surface area contributed by atoms with Gasteiger partial charge in [-0.1, -0.05) is 30.3 Å². The van der Waals surface area contributed by atoms with Gasteiger partial charge in [-0.05, 0) is 24.1 Å². The van der Waals surface area contributed by atoms with E-state index in [0.29, 0.717) is 22.4 Å². The number of carbonyl (C=O) groups excluding carboxylic acids is 1. The number of nitrogens with zero attached hydrogens (tertiary/aromatic N) is 1. The summed E-state index contributed by atoms with van der Waals surface area (Å²) >= 11 is 1.92. The summed E-state index contributed by atoms with van der Waals surface area (Å²) in [4.78, 5) is 14.5. The molecule has 1 aliphatic heterocycles. The molecule has 1 unspecified atom stereocenters. The van der Waals surface area contributed by atoms with Crippen molar-refractivity contribution in [2.24, 2.45) is 0 Å². The Morgan fingerprint density at radius 3 is 2.58 bits per heavy atom. The van der Waals surface area contributed by atoms with Crippen molar-refractivity contribution in [2.75, 3.05) is 38.4 Å². The van der Waals surface area contributed by atoms with Gasteiger partial charge in [-0.3, -0.25) is 0 Å². The Labute approximate surface area is 158 Å². The highest BCUT2D eigenvalue weighted by Gasteiger charge is 2.22. The number of amides is 2. The number of carbonyl (C=O) groups is 1. The highest BCUT2D eigenvalue weighted by atomic mass is 32.2. The molecular weight excluding hydrogens is 348 g/mol. The first-order valence-electron chi connectivity index (χ1n) is 8.65. The third kappa shape index (κ3) is 4.43. The lowest BCUT2D eigenvalue weighted by Crippen LogP contribution is -2.36. The smallest absolute Gasteiger partial charge is 0.321 e. The van der Waals surface area contributed by atoms with E-state index in [1.807, 2.05) is 28.8 Å². The van der Waals surface area contributed by atoms with Crippen LogP contribution in [-0.2, 0) is 0 Å². The van der Waals surface area contributed by atoms with Gasteiger partial charge in [-0.15, -0.1) is 0 Å². The maximum absolute atomic E-state index is 12.7. The molecule has 1 N–H and O–H groups in total. The molecule has 2 aromatic carbocycles. The molecule has 6 heteroatoms. The van der Waals surface area contributed by atoms with Crippen molar-refractivity contribution in [3.63, 3.8) is 0 Å². The molecule has 3 rings (SSSR count). The molecule has 1 fully saturated rings. The fourth-order valence-electron chi connectivity index (χ4n) is 3.02. The highest BCUT2D eigenvalue weighted by Crippen LogP contribution is 2.34. The second-order valence-corrected chi connectivity index (χ2v) is 7.36. The van der Waals surface area contributed by atoms with Gasteiger partial charge in [0.05, 0.1) is 14.2 Å². The number of thioether (sulfide) groups is 1. The van der Waals surface area contributed by atoms with E-state index in [2.05, 4.69) is 29.6 Å². The Hall–Kier alpha value is -2.34. The van der Waals surface area contributed by atoms with Crippen LogP contribution in [0.15, 0.2) is 48.5 Å². The molecule has 26 heavy (non-hydrogen) atoms. The Balaban J connectivity index is 1.62. The summed E-state index contributed by atoms with van der Waals surface area (Å²) in [5, 5.41) is 3.40. The van der Waals surface area contributed by atoms with Gasteiger partial charge in [0, 0.05) is 35.8 Å². The van der Waals surface area contributed by atoms with Crippen LogP contribution in [0.1, 0.15) is 17.2 Å². The van der Waals surface area contributed by atoms with Gasteiger partial charge in [0.25, 0.3) is 0 Å². The fourth-order valence-corrected chi connectivity index (χ4v) is 4.26. The van der Waals surface area contributed by atoms with Crippen molar-refractivity contribution in [3.05, 3.63) is 54.1 Å². The van der Waals surface area contributed by atoms with E-state index in [1.165, 1.54) is 5.56 Å². The Morgan fingerprint density at radius 1 is 1.08 bits per heavy atom. The standard InChI is InChI=1S/C20H24N2O3S/c1-24-17-9-8-16(14-18(17)25-2)21-20(23)22-11-10-19(26-13-12-22)15-6-4-3-5-7-15/h3-9,14,19H,10-13H2,1-2H3,(H,21,23). The minimum absolute atomic E-state index is 0.0773. The van der Waals surface area contributed by atoms with E-state index in [9.17, 15) is 4.79 Å². The summed E-state index contributed by atoms with van der Waals surface area (Å²) in [7, 11) is 3.17. The maximum Gasteiger partial charge on any atom is 0.321 e. The van der Waals surface area contributed by atoms with Crippen LogP contribution in [0.25, 0.3) is 0 Å². The van der Waals surface area contributed by atoms with E-state index in [1.54, 1.807) is 26.4 Å². The van der Waals surface area contributed by atoms with Crippen LogP contribution < -0.4 is 14.8 Å². The van der Waals surface area contributed by atoms with Gasteiger partial charge in [-0.2, -0.15) is 11.8 Å². The average molecular weight is 372 g/mol. The predicted molar refractivity (Wildman–Crippen MR) is 106 cm³/mol. The number of nitrogens with one attached hydrogen (secondary N) is 1. The number of anilines is 1. The number of benzene rings is 2. The SMILES string of the molecule is COc1ccc(NC(=O)N2CCSC(c3ccccc3)CC2)cc1OC. The van der Waals surface area contributed by atoms with Crippen LogP contribution in [-0.4, -0.2) is 44.0 Å². The Kier molecular flexibility index (Phi) is 6.28. The molecule has 1 saturated heterocycles. The van der Waals surface area contributed by atoms with Gasteiger partial charge in [-0.25, -0.2) is 4.79 Å². The molecule has 1 atom stereocenters. The maximum atomic E-state index is 12.7. The molecule has 0 aliphatic carbocycles. The number of hydrogen-bond acceptors (Lipinski definition) is 4. The molecule has 1 heterocycles.